The number of nitriles is 1. The van der Waals surface area contributed by atoms with E-state index in [4.69, 9.17) is 10.7 Å². The van der Waals surface area contributed by atoms with Crippen molar-refractivity contribution in [1.82, 2.24) is 0 Å². The number of hydrogen-bond donors (Lipinski definition) is 0. The molecule has 0 heterocycles. The molecule has 0 aromatic carbocycles. The molecule has 42 valence electrons. The van der Waals surface area contributed by atoms with Gasteiger partial charge in [0.1, 0.15) is 12.2 Å². The maximum Gasteiger partial charge on any atom is 1.00 e. The van der Waals surface area contributed by atoms with Crippen LogP contribution in [-0.4, -0.2) is 12.5 Å². The van der Waals surface area contributed by atoms with Crippen molar-refractivity contribution in [1.29, 1.82) is 5.26 Å². The molecule has 3 nitrogen and oxygen atoms in total. The van der Waals surface area contributed by atoms with Crippen molar-refractivity contribution >= 4 is 12.5 Å². The Hall–Kier alpha value is 0.466. The molecule has 4 heteroatoms. The second-order valence-electron chi connectivity index (χ2n) is 1.29. The summed E-state index contributed by atoms with van der Waals surface area (Å²) in [4.78, 5) is 9.77. The van der Waals surface area contributed by atoms with E-state index in [0.717, 1.165) is 6.21 Å². The largest absolute Gasteiger partial charge is 1.00 e. The first-order valence-electron chi connectivity index (χ1n) is 2.16. The van der Waals surface area contributed by atoms with Crippen molar-refractivity contribution in [3.05, 3.63) is 5.41 Å². The Balaban J connectivity index is 0. The SMILES string of the molecule is N#CC(C=O)CC=[N-].[K+]. The van der Waals surface area contributed by atoms with E-state index in [2.05, 4.69) is 0 Å². The zero-order valence-electron chi connectivity index (χ0n) is 5.24. The quantitative estimate of drug-likeness (QED) is 0.249. The molecule has 1 unspecified atom stereocenters. The zero-order valence-corrected chi connectivity index (χ0v) is 8.36. The molecule has 9 heavy (non-hydrogen) atoms. The number of nitrogens with zero attached hydrogens (tertiary/aromatic N) is 2. The molecule has 0 bridgehead atoms. The fourth-order valence-corrected chi connectivity index (χ4v) is 0.252. The van der Waals surface area contributed by atoms with Gasteiger partial charge in [0.05, 0.1) is 6.07 Å². The van der Waals surface area contributed by atoms with E-state index in [-0.39, 0.29) is 57.8 Å². The third kappa shape index (κ3) is 6.35. The third-order valence-corrected chi connectivity index (χ3v) is 0.689. The van der Waals surface area contributed by atoms with Crippen molar-refractivity contribution in [2.75, 3.05) is 0 Å². The standard InChI is InChI=1S/C5H5N2O.K/c6-2-1-5(3-7)4-8;/h2,4-5H,1H2;/q-1;+1. The Bertz CT molecular complexity index is 129. The van der Waals surface area contributed by atoms with Gasteiger partial charge in [0.15, 0.2) is 0 Å². The molecule has 0 fully saturated rings. The molecule has 0 saturated carbocycles. The van der Waals surface area contributed by atoms with Crippen molar-refractivity contribution in [3.63, 3.8) is 0 Å². The van der Waals surface area contributed by atoms with Gasteiger partial charge in [0.2, 0.25) is 0 Å². The predicted molar refractivity (Wildman–Crippen MR) is 29.2 cm³/mol. The fraction of sp³-hybridized carbons (Fsp3) is 0.400. The molecule has 0 saturated heterocycles. The molecule has 0 aromatic heterocycles. The Kier molecular flexibility index (Phi) is 11.5. The van der Waals surface area contributed by atoms with Crippen molar-refractivity contribution < 1.29 is 56.2 Å². The minimum Gasteiger partial charge on any atom is -0.814 e. The van der Waals surface area contributed by atoms with Gasteiger partial charge in [0, 0.05) is 0 Å². The van der Waals surface area contributed by atoms with Crippen LogP contribution in [0, 0.1) is 17.2 Å². The smallest absolute Gasteiger partial charge is 0.814 e. The van der Waals surface area contributed by atoms with Crippen LogP contribution in [0.5, 0.6) is 0 Å². The number of hydrogen-bond acceptors (Lipinski definition) is 2. The molecular weight excluding hydrogens is 143 g/mol. The Morgan fingerprint density at radius 3 is 2.44 bits per heavy atom. The summed E-state index contributed by atoms with van der Waals surface area (Å²) in [5, 5.41) is 16.1. The van der Waals surface area contributed by atoms with Crippen LogP contribution in [0.15, 0.2) is 0 Å². The molecule has 0 aliphatic carbocycles. The zero-order chi connectivity index (χ0) is 6.41. The summed E-state index contributed by atoms with van der Waals surface area (Å²) >= 11 is 0. The predicted octanol–water partition coefficient (Wildman–Crippen LogP) is -2.64. The van der Waals surface area contributed by atoms with Crippen LogP contribution in [0.1, 0.15) is 6.42 Å². The van der Waals surface area contributed by atoms with Gasteiger partial charge in [-0.25, -0.2) is 6.21 Å². The van der Waals surface area contributed by atoms with E-state index in [1.807, 2.05) is 0 Å². The van der Waals surface area contributed by atoms with E-state index in [0.29, 0.717) is 6.29 Å². The van der Waals surface area contributed by atoms with Crippen molar-refractivity contribution in [3.8, 4) is 6.07 Å². The topological polar surface area (TPSA) is 63.2 Å². The van der Waals surface area contributed by atoms with E-state index >= 15 is 0 Å². The Morgan fingerprint density at radius 2 is 2.33 bits per heavy atom. The summed E-state index contributed by atoms with van der Waals surface area (Å²) < 4.78 is 0. The third-order valence-electron chi connectivity index (χ3n) is 0.689. The molecular formula is C5H5KN2O. The van der Waals surface area contributed by atoms with Gasteiger partial charge in [-0.3, -0.25) is 0 Å². The average Bonchev–Trinajstić information content (AvgIpc) is 1.83. The number of rotatable bonds is 3. The summed E-state index contributed by atoms with van der Waals surface area (Å²) in [5.74, 6) is -0.681. The Labute approximate surface area is 96.4 Å². The van der Waals surface area contributed by atoms with Gasteiger partial charge < -0.3 is 10.2 Å². The van der Waals surface area contributed by atoms with Crippen LogP contribution in [0.25, 0.3) is 5.41 Å². The van der Waals surface area contributed by atoms with E-state index in [1.165, 1.54) is 0 Å². The van der Waals surface area contributed by atoms with Crippen LogP contribution in [0.3, 0.4) is 0 Å². The van der Waals surface area contributed by atoms with Gasteiger partial charge in [-0.15, -0.1) is 0 Å². The summed E-state index contributed by atoms with van der Waals surface area (Å²) in [7, 11) is 0. The van der Waals surface area contributed by atoms with E-state index in [1.54, 1.807) is 6.07 Å². The normalized spacial score (nSPS) is 10.1. The van der Waals surface area contributed by atoms with Gasteiger partial charge in [-0.05, 0) is 6.42 Å². The minimum absolute atomic E-state index is 0. The van der Waals surface area contributed by atoms with Gasteiger partial charge in [-0.2, -0.15) is 5.26 Å². The van der Waals surface area contributed by atoms with Crippen molar-refractivity contribution in [2.45, 2.75) is 6.42 Å². The summed E-state index contributed by atoms with van der Waals surface area (Å²) in [6.45, 7) is 0. The van der Waals surface area contributed by atoms with Crippen LogP contribution in [-0.2, 0) is 4.79 Å². The summed E-state index contributed by atoms with van der Waals surface area (Å²) in [6.07, 6.45) is 1.44. The molecule has 0 radical (unpaired) electrons. The number of aldehydes is 1. The fourth-order valence-electron chi connectivity index (χ4n) is 0.252. The molecule has 0 aromatic rings. The van der Waals surface area contributed by atoms with Gasteiger partial charge >= 0.3 is 51.4 Å². The van der Waals surface area contributed by atoms with Crippen LogP contribution in [0.2, 0.25) is 0 Å². The van der Waals surface area contributed by atoms with Gasteiger partial charge in [-0.1, -0.05) is 0 Å². The Morgan fingerprint density at radius 1 is 1.78 bits per heavy atom. The minimum atomic E-state index is -0.681. The van der Waals surface area contributed by atoms with E-state index in [9.17, 15) is 4.79 Å². The second-order valence-corrected chi connectivity index (χ2v) is 1.29. The molecule has 0 aliphatic rings. The first-order valence-corrected chi connectivity index (χ1v) is 2.16. The first kappa shape index (κ1) is 12.2. The number of carbonyl (C=O) groups excluding carboxylic acids is 1. The summed E-state index contributed by atoms with van der Waals surface area (Å²) in [5.41, 5.74) is 0. The maximum absolute atomic E-state index is 9.77. The van der Waals surface area contributed by atoms with Gasteiger partial charge in [0.25, 0.3) is 0 Å². The average molecular weight is 148 g/mol. The van der Waals surface area contributed by atoms with Crippen molar-refractivity contribution in [2.24, 2.45) is 5.92 Å². The molecule has 0 rings (SSSR count). The molecule has 0 spiro atoms. The van der Waals surface area contributed by atoms with Crippen LogP contribution >= 0.6 is 0 Å². The van der Waals surface area contributed by atoms with E-state index < -0.39 is 5.92 Å². The first-order chi connectivity index (χ1) is 3.85. The number of carbonyl (C=O) groups is 1. The second kappa shape index (κ2) is 8.47. The summed E-state index contributed by atoms with van der Waals surface area (Å²) in [6, 6.07) is 1.69. The monoisotopic (exact) mass is 148 g/mol. The molecule has 0 amide bonds. The van der Waals surface area contributed by atoms with Crippen LogP contribution in [0.4, 0.5) is 0 Å². The molecule has 0 aliphatic heterocycles. The maximum atomic E-state index is 9.77. The molecule has 1 atom stereocenters. The molecule has 0 N–H and O–H groups in total. The van der Waals surface area contributed by atoms with Crippen LogP contribution < -0.4 is 51.4 Å².